The maximum absolute atomic E-state index is 12.4. The lowest BCUT2D eigenvalue weighted by Crippen LogP contribution is -2.27. The van der Waals surface area contributed by atoms with E-state index in [-0.39, 0.29) is 11.9 Å². The molecule has 122 valence electrons. The lowest BCUT2D eigenvalue weighted by atomic mass is 10.1. The van der Waals surface area contributed by atoms with Gasteiger partial charge in [0.1, 0.15) is 5.69 Å². The molecule has 4 heteroatoms. The van der Waals surface area contributed by atoms with E-state index in [1.54, 1.807) is 12.3 Å². The number of nitrogens with one attached hydrogen (secondary N) is 2. The summed E-state index contributed by atoms with van der Waals surface area (Å²) in [5, 5.41) is 6.33. The first-order chi connectivity index (χ1) is 11.2. The van der Waals surface area contributed by atoms with Crippen molar-refractivity contribution in [2.75, 3.05) is 11.9 Å². The van der Waals surface area contributed by atoms with Gasteiger partial charge in [-0.25, -0.2) is 0 Å². The molecule has 1 heterocycles. The summed E-state index contributed by atoms with van der Waals surface area (Å²) in [5.74, 6) is -0.154. The van der Waals surface area contributed by atoms with Crippen LogP contribution in [-0.2, 0) is 0 Å². The van der Waals surface area contributed by atoms with Crippen LogP contribution in [0, 0.1) is 0 Å². The van der Waals surface area contributed by atoms with Crippen LogP contribution in [0.25, 0.3) is 0 Å². The standard InChI is InChI=1S/C19H25N3O/c1-3-4-8-12-20-17-11-13-21-18(14-17)19(23)22-15(2)16-9-6-5-7-10-16/h5-7,9-11,13-15H,3-4,8,12H2,1-2H3,(H,20,21)(H,22,23). The minimum atomic E-state index is -0.154. The molecule has 1 unspecified atom stereocenters. The molecule has 0 aliphatic heterocycles. The van der Waals surface area contributed by atoms with Gasteiger partial charge in [-0.3, -0.25) is 9.78 Å². The maximum atomic E-state index is 12.4. The molecule has 1 atom stereocenters. The molecule has 2 aromatic rings. The number of aromatic nitrogens is 1. The van der Waals surface area contributed by atoms with E-state index in [1.165, 1.54) is 12.8 Å². The Balaban J connectivity index is 1.94. The highest BCUT2D eigenvalue weighted by Crippen LogP contribution is 2.13. The van der Waals surface area contributed by atoms with Gasteiger partial charge in [0.25, 0.3) is 5.91 Å². The van der Waals surface area contributed by atoms with E-state index in [4.69, 9.17) is 0 Å². The molecule has 1 aromatic heterocycles. The molecule has 2 rings (SSSR count). The highest BCUT2D eigenvalue weighted by molar-refractivity contribution is 5.93. The largest absolute Gasteiger partial charge is 0.385 e. The molecule has 0 spiro atoms. The lowest BCUT2D eigenvalue weighted by molar-refractivity contribution is 0.0935. The van der Waals surface area contributed by atoms with Crippen LogP contribution in [0.15, 0.2) is 48.7 Å². The number of nitrogens with zero attached hydrogens (tertiary/aromatic N) is 1. The van der Waals surface area contributed by atoms with Crippen LogP contribution < -0.4 is 10.6 Å². The Bertz CT molecular complexity index is 613. The van der Waals surface area contributed by atoms with Gasteiger partial charge >= 0.3 is 0 Å². The Kier molecular flexibility index (Phi) is 6.60. The number of carbonyl (C=O) groups excluding carboxylic acids is 1. The molecule has 23 heavy (non-hydrogen) atoms. The molecule has 0 saturated carbocycles. The molecule has 0 aliphatic rings. The van der Waals surface area contributed by atoms with Gasteiger partial charge in [-0.1, -0.05) is 50.1 Å². The smallest absolute Gasteiger partial charge is 0.270 e. The Hall–Kier alpha value is -2.36. The fourth-order valence-corrected chi connectivity index (χ4v) is 2.37. The average molecular weight is 311 g/mol. The Morgan fingerprint density at radius 1 is 1.17 bits per heavy atom. The zero-order valence-corrected chi connectivity index (χ0v) is 13.9. The van der Waals surface area contributed by atoms with Crippen LogP contribution in [0.4, 0.5) is 5.69 Å². The zero-order valence-electron chi connectivity index (χ0n) is 13.9. The quantitative estimate of drug-likeness (QED) is 0.719. The number of benzene rings is 1. The molecular formula is C19H25N3O. The lowest BCUT2D eigenvalue weighted by Gasteiger charge is -2.14. The Morgan fingerprint density at radius 2 is 1.96 bits per heavy atom. The molecule has 0 aliphatic carbocycles. The van der Waals surface area contributed by atoms with E-state index in [0.29, 0.717) is 5.69 Å². The van der Waals surface area contributed by atoms with Gasteiger partial charge in [-0.05, 0) is 31.0 Å². The minimum Gasteiger partial charge on any atom is -0.385 e. The molecule has 1 amide bonds. The summed E-state index contributed by atoms with van der Waals surface area (Å²) in [7, 11) is 0. The second-order valence-corrected chi connectivity index (χ2v) is 5.67. The monoisotopic (exact) mass is 311 g/mol. The Morgan fingerprint density at radius 3 is 2.70 bits per heavy atom. The number of hydrogen-bond acceptors (Lipinski definition) is 3. The second kappa shape index (κ2) is 8.93. The summed E-state index contributed by atoms with van der Waals surface area (Å²) in [6, 6.07) is 13.6. The van der Waals surface area contributed by atoms with Crippen molar-refractivity contribution in [3.05, 3.63) is 59.9 Å². The van der Waals surface area contributed by atoms with E-state index in [1.807, 2.05) is 43.3 Å². The van der Waals surface area contributed by atoms with Crippen molar-refractivity contribution in [2.24, 2.45) is 0 Å². The SMILES string of the molecule is CCCCCNc1ccnc(C(=O)NC(C)c2ccccc2)c1. The number of unbranched alkanes of at least 4 members (excludes halogenated alkanes) is 2. The predicted octanol–water partition coefficient (Wildman–Crippen LogP) is 4.17. The number of carbonyl (C=O) groups is 1. The summed E-state index contributed by atoms with van der Waals surface area (Å²) in [4.78, 5) is 16.5. The van der Waals surface area contributed by atoms with Crippen molar-refractivity contribution >= 4 is 11.6 Å². The molecular weight excluding hydrogens is 286 g/mol. The molecule has 1 aromatic carbocycles. The number of anilines is 1. The van der Waals surface area contributed by atoms with Crippen molar-refractivity contribution in [3.8, 4) is 0 Å². The summed E-state index contributed by atoms with van der Waals surface area (Å²) in [6.45, 7) is 5.07. The predicted molar refractivity (Wildman–Crippen MR) is 94.6 cm³/mol. The van der Waals surface area contributed by atoms with Gasteiger partial charge in [-0.15, -0.1) is 0 Å². The summed E-state index contributed by atoms with van der Waals surface area (Å²) >= 11 is 0. The highest BCUT2D eigenvalue weighted by Gasteiger charge is 2.12. The molecule has 0 fully saturated rings. The second-order valence-electron chi connectivity index (χ2n) is 5.67. The maximum Gasteiger partial charge on any atom is 0.270 e. The van der Waals surface area contributed by atoms with E-state index in [9.17, 15) is 4.79 Å². The number of pyridine rings is 1. The first-order valence-electron chi connectivity index (χ1n) is 8.26. The Labute approximate surface area is 138 Å². The average Bonchev–Trinajstić information content (AvgIpc) is 2.60. The van der Waals surface area contributed by atoms with Gasteiger partial charge in [0, 0.05) is 18.4 Å². The van der Waals surface area contributed by atoms with Crippen LogP contribution in [0.5, 0.6) is 0 Å². The van der Waals surface area contributed by atoms with Crippen LogP contribution in [0.2, 0.25) is 0 Å². The van der Waals surface area contributed by atoms with E-state index < -0.39 is 0 Å². The van der Waals surface area contributed by atoms with Crippen LogP contribution >= 0.6 is 0 Å². The molecule has 0 radical (unpaired) electrons. The van der Waals surface area contributed by atoms with Crippen LogP contribution in [0.1, 0.15) is 55.2 Å². The summed E-state index contributed by atoms with van der Waals surface area (Å²) in [5.41, 5.74) is 2.46. The first kappa shape index (κ1) is 17.0. The van der Waals surface area contributed by atoms with Crippen molar-refractivity contribution in [2.45, 2.75) is 39.2 Å². The highest BCUT2D eigenvalue weighted by atomic mass is 16.1. The third-order valence-electron chi connectivity index (χ3n) is 3.75. The van der Waals surface area contributed by atoms with Gasteiger partial charge in [0.05, 0.1) is 6.04 Å². The molecule has 4 nitrogen and oxygen atoms in total. The third kappa shape index (κ3) is 5.40. The van der Waals surface area contributed by atoms with Gasteiger partial charge in [0.2, 0.25) is 0 Å². The summed E-state index contributed by atoms with van der Waals surface area (Å²) < 4.78 is 0. The van der Waals surface area contributed by atoms with Crippen molar-refractivity contribution in [1.29, 1.82) is 0 Å². The normalized spacial score (nSPS) is 11.7. The number of hydrogen-bond donors (Lipinski definition) is 2. The summed E-state index contributed by atoms with van der Waals surface area (Å²) in [6.07, 6.45) is 5.21. The number of rotatable bonds is 8. The van der Waals surface area contributed by atoms with Crippen molar-refractivity contribution in [1.82, 2.24) is 10.3 Å². The molecule has 0 saturated heterocycles. The van der Waals surface area contributed by atoms with E-state index in [0.717, 1.165) is 24.2 Å². The number of amides is 1. The van der Waals surface area contributed by atoms with Crippen molar-refractivity contribution in [3.63, 3.8) is 0 Å². The fourth-order valence-electron chi connectivity index (χ4n) is 2.37. The molecule has 2 N–H and O–H groups in total. The molecule has 0 bridgehead atoms. The minimum absolute atomic E-state index is 0.0494. The third-order valence-corrected chi connectivity index (χ3v) is 3.75. The first-order valence-corrected chi connectivity index (χ1v) is 8.26. The van der Waals surface area contributed by atoms with E-state index in [2.05, 4.69) is 22.5 Å². The van der Waals surface area contributed by atoms with E-state index >= 15 is 0 Å². The van der Waals surface area contributed by atoms with Crippen molar-refractivity contribution < 1.29 is 4.79 Å². The van der Waals surface area contributed by atoms with Gasteiger partial charge in [0.15, 0.2) is 0 Å². The van der Waals surface area contributed by atoms with Crippen LogP contribution in [0.3, 0.4) is 0 Å². The zero-order chi connectivity index (χ0) is 16.5. The van der Waals surface area contributed by atoms with Crippen LogP contribution in [-0.4, -0.2) is 17.4 Å². The van der Waals surface area contributed by atoms with Gasteiger partial charge < -0.3 is 10.6 Å². The fraction of sp³-hybridized carbons (Fsp3) is 0.368. The van der Waals surface area contributed by atoms with Gasteiger partial charge in [-0.2, -0.15) is 0 Å². The topological polar surface area (TPSA) is 54.0 Å².